The van der Waals surface area contributed by atoms with Crippen molar-refractivity contribution in [3.63, 3.8) is 0 Å². The maximum atomic E-state index is 12.6. The highest BCUT2D eigenvalue weighted by atomic mass is 16.5. The van der Waals surface area contributed by atoms with Crippen LogP contribution in [0.25, 0.3) is 0 Å². The molecule has 1 amide bonds. The van der Waals surface area contributed by atoms with E-state index in [1.807, 2.05) is 36.4 Å². The summed E-state index contributed by atoms with van der Waals surface area (Å²) < 4.78 is 11.3. The smallest absolute Gasteiger partial charge is 0.259 e. The Bertz CT molecular complexity index is 949. The third-order valence-electron chi connectivity index (χ3n) is 3.73. The number of nitrogens with zero attached hydrogens (tertiary/aromatic N) is 1. The highest BCUT2D eigenvalue weighted by Crippen LogP contribution is 2.20. The molecule has 5 heteroatoms. The van der Waals surface area contributed by atoms with Gasteiger partial charge in [0.05, 0.1) is 17.2 Å². The van der Waals surface area contributed by atoms with Crippen LogP contribution >= 0.6 is 0 Å². The quantitative estimate of drug-likeness (QED) is 0.640. The number of hydrogen-bond acceptors (Lipinski definition) is 4. The van der Waals surface area contributed by atoms with Crippen LogP contribution in [0.15, 0.2) is 78.9 Å². The zero-order valence-electron chi connectivity index (χ0n) is 14.6. The number of hydrogen-bond donors (Lipinski definition) is 1. The highest BCUT2D eigenvalue weighted by Gasteiger charge is 2.12. The number of nitrogens with one attached hydrogen (secondary N) is 1. The number of nitriles is 1. The molecule has 5 nitrogen and oxygen atoms in total. The van der Waals surface area contributed by atoms with Crippen LogP contribution in [-0.2, 0) is 0 Å². The molecule has 1 N–H and O–H groups in total. The minimum atomic E-state index is -0.301. The van der Waals surface area contributed by atoms with E-state index < -0.39 is 0 Å². The number of anilines is 1. The summed E-state index contributed by atoms with van der Waals surface area (Å²) in [6.07, 6.45) is 0. The molecule has 134 valence electrons. The number of rotatable bonds is 7. The molecule has 3 aromatic carbocycles. The Morgan fingerprint density at radius 1 is 0.889 bits per heavy atom. The summed E-state index contributed by atoms with van der Waals surface area (Å²) in [5, 5.41) is 11.8. The number of para-hydroxylation sites is 2. The van der Waals surface area contributed by atoms with Crippen LogP contribution in [0.1, 0.15) is 15.9 Å². The lowest BCUT2D eigenvalue weighted by Gasteiger charge is -2.12. The molecule has 0 unspecified atom stereocenters. The van der Waals surface area contributed by atoms with E-state index in [2.05, 4.69) is 5.32 Å². The molecule has 0 heterocycles. The monoisotopic (exact) mass is 358 g/mol. The van der Waals surface area contributed by atoms with Crippen molar-refractivity contribution in [3.05, 3.63) is 90.0 Å². The average molecular weight is 358 g/mol. The van der Waals surface area contributed by atoms with Gasteiger partial charge in [-0.1, -0.05) is 36.4 Å². The van der Waals surface area contributed by atoms with Crippen LogP contribution in [0.3, 0.4) is 0 Å². The zero-order chi connectivity index (χ0) is 18.9. The summed E-state index contributed by atoms with van der Waals surface area (Å²) in [7, 11) is 0. The topological polar surface area (TPSA) is 71.4 Å². The van der Waals surface area contributed by atoms with Gasteiger partial charge in [-0.05, 0) is 42.5 Å². The fourth-order valence-electron chi connectivity index (χ4n) is 2.47. The highest BCUT2D eigenvalue weighted by molar-refractivity contribution is 6.06. The Hall–Kier alpha value is -3.78. The maximum Gasteiger partial charge on any atom is 0.259 e. The average Bonchev–Trinajstić information content (AvgIpc) is 2.72. The lowest BCUT2D eigenvalue weighted by molar-refractivity contribution is 0.102. The van der Waals surface area contributed by atoms with Gasteiger partial charge in [0.1, 0.15) is 24.7 Å². The number of carbonyl (C=O) groups excluding carboxylic acids is 1. The van der Waals surface area contributed by atoms with E-state index in [1.54, 1.807) is 48.5 Å². The predicted molar refractivity (Wildman–Crippen MR) is 103 cm³/mol. The fourth-order valence-corrected chi connectivity index (χ4v) is 2.47. The minimum Gasteiger partial charge on any atom is -0.490 e. The summed E-state index contributed by atoms with van der Waals surface area (Å²) in [5.41, 5.74) is 1.45. The summed E-state index contributed by atoms with van der Waals surface area (Å²) >= 11 is 0. The summed E-state index contributed by atoms with van der Waals surface area (Å²) in [5.74, 6) is 0.942. The Morgan fingerprint density at radius 2 is 1.63 bits per heavy atom. The fraction of sp³-hybridized carbons (Fsp3) is 0.0909. The molecule has 0 bridgehead atoms. The van der Waals surface area contributed by atoms with Crippen molar-refractivity contribution in [2.45, 2.75) is 0 Å². The number of carbonyl (C=O) groups is 1. The van der Waals surface area contributed by atoms with Crippen LogP contribution < -0.4 is 14.8 Å². The molecule has 3 aromatic rings. The molecule has 0 saturated carbocycles. The van der Waals surface area contributed by atoms with E-state index in [0.29, 0.717) is 35.8 Å². The second-order valence-electron chi connectivity index (χ2n) is 5.65. The van der Waals surface area contributed by atoms with Gasteiger partial charge >= 0.3 is 0 Å². The summed E-state index contributed by atoms with van der Waals surface area (Å²) in [4.78, 5) is 12.6. The van der Waals surface area contributed by atoms with Crippen molar-refractivity contribution in [1.82, 2.24) is 0 Å². The van der Waals surface area contributed by atoms with Crippen molar-refractivity contribution in [2.24, 2.45) is 0 Å². The van der Waals surface area contributed by atoms with Crippen LogP contribution in [0, 0.1) is 11.3 Å². The first-order chi connectivity index (χ1) is 13.3. The lowest BCUT2D eigenvalue weighted by atomic mass is 10.1. The molecular weight excluding hydrogens is 340 g/mol. The number of amides is 1. The largest absolute Gasteiger partial charge is 0.490 e. The minimum absolute atomic E-state index is 0.301. The molecule has 0 fully saturated rings. The van der Waals surface area contributed by atoms with Gasteiger partial charge in [-0.15, -0.1) is 0 Å². The molecular formula is C22H18N2O3. The van der Waals surface area contributed by atoms with Crippen molar-refractivity contribution in [1.29, 1.82) is 5.26 Å². The van der Waals surface area contributed by atoms with Gasteiger partial charge in [-0.2, -0.15) is 5.26 Å². The number of ether oxygens (including phenoxy) is 2. The molecule has 0 radical (unpaired) electrons. The third kappa shape index (κ3) is 5.10. The molecule has 27 heavy (non-hydrogen) atoms. The van der Waals surface area contributed by atoms with E-state index >= 15 is 0 Å². The first-order valence-electron chi connectivity index (χ1n) is 8.47. The second-order valence-corrected chi connectivity index (χ2v) is 5.65. The predicted octanol–water partition coefficient (Wildman–Crippen LogP) is 4.27. The maximum absolute atomic E-state index is 12.6. The molecule has 0 aliphatic rings. The first-order valence-corrected chi connectivity index (χ1v) is 8.47. The van der Waals surface area contributed by atoms with E-state index in [0.717, 1.165) is 5.75 Å². The van der Waals surface area contributed by atoms with Crippen molar-refractivity contribution in [3.8, 4) is 17.6 Å². The molecule has 3 rings (SSSR count). The lowest BCUT2D eigenvalue weighted by Crippen LogP contribution is -2.15. The molecule has 0 aliphatic carbocycles. The Kier molecular flexibility index (Phi) is 6.05. The molecule has 0 atom stereocenters. The van der Waals surface area contributed by atoms with Crippen LogP contribution in [-0.4, -0.2) is 19.1 Å². The Balaban J connectivity index is 1.61. The van der Waals surface area contributed by atoms with Crippen LogP contribution in [0.5, 0.6) is 11.5 Å². The molecule has 0 spiro atoms. The van der Waals surface area contributed by atoms with E-state index in [4.69, 9.17) is 14.7 Å². The standard InChI is InChI=1S/C22H18N2O3/c23-16-17-7-6-8-18(15-17)24-22(25)20-11-4-5-12-21(20)27-14-13-26-19-9-2-1-3-10-19/h1-12,15H,13-14H2,(H,24,25). The van der Waals surface area contributed by atoms with E-state index in [1.165, 1.54) is 0 Å². The van der Waals surface area contributed by atoms with Gasteiger partial charge in [-0.25, -0.2) is 0 Å². The Labute approximate surface area is 157 Å². The van der Waals surface area contributed by atoms with Crippen LogP contribution in [0.4, 0.5) is 5.69 Å². The molecule has 0 aromatic heterocycles. The number of benzene rings is 3. The first kappa shape index (κ1) is 18.0. The van der Waals surface area contributed by atoms with E-state index in [9.17, 15) is 4.79 Å². The molecule has 0 saturated heterocycles. The van der Waals surface area contributed by atoms with E-state index in [-0.39, 0.29) is 5.91 Å². The normalized spacial score (nSPS) is 9.89. The van der Waals surface area contributed by atoms with Gasteiger partial charge in [0.25, 0.3) is 5.91 Å². The van der Waals surface area contributed by atoms with Crippen molar-refractivity contribution in [2.75, 3.05) is 18.5 Å². The zero-order valence-corrected chi connectivity index (χ0v) is 14.6. The summed E-state index contributed by atoms with van der Waals surface area (Å²) in [6, 6.07) is 25.3. The third-order valence-corrected chi connectivity index (χ3v) is 3.73. The van der Waals surface area contributed by atoms with Gasteiger partial charge in [0.2, 0.25) is 0 Å². The van der Waals surface area contributed by atoms with Gasteiger partial charge in [0.15, 0.2) is 0 Å². The van der Waals surface area contributed by atoms with Gasteiger partial charge in [-0.3, -0.25) is 4.79 Å². The Morgan fingerprint density at radius 3 is 2.44 bits per heavy atom. The summed E-state index contributed by atoms with van der Waals surface area (Å²) in [6.45, 7) is 0.674. The van der Waals surface area contributed by atoms with Gasteiger partial charge < -0.3 is 14.8 Å². The SMILES string of the molecule is N#Cc1cccc(NC(=O)c2ccccc2OCCOc2ccccc2)c1. The second kappa shape index (κ2) is 9.07. The van der Waals surface area contributed by atoms with Gasteiger partial charge in [0, 0.05) is 5.69 Å². The van der Waals surface area contributed by atoms with Crippen molar-refractivity contribution < 1.29 is 14.3 Å². The van der Waals surface area contributed by atoms with Crippen molar-refractivity contribution >= 4 is 11.6 Å². The molecule has 0 aliphatic heterocycles. The van der Waals surface area contributed by atoms with Crippen LogP contribution in [0.2, 0.25) is 0 Å².